The Balaban J connectivity index is 1.50. The smallest absolute Gasteiger partial charge is 0.301 e. The van der Waals surface area contributed by atoms with Crippen LogP contribution in [-0.4, -0.2) is 41.6 Å². The topological polar surface area (TPSA) is 98.2 Å². The van der Waals surface area contributed by atoms with E-state index in [9.17, 15) is 14.7 Å². The first-order valence-corrected chi connectivity index (χ1v) is 13.5. The number of anilines is 1. The van der Waals surface area contributed by atoms with Crippen LogP contribution in [0.15, 0.2) is 66.2 Å². The number of aromatic nitrogens is 1. The van der Waals surface area contributed by atoms with Crippen LogP contribution in [0.4, 0.5) is 5.13 Å². The van der Waals surface area contributed by atoms with Crippen LogP contribution in [0, 0.1) is 0 Å². The molecule has 6 rings (SSSR count). The zero-order valence-corrected chi connectivity index (χ0v) is 22.5. The van der Waals surface area contributed by atoms with E-state index in [2.05, 4.69) is 4.98 Å². The molecule has 2 unspecified atom stereocenters. The molecule has 1 N–H and O–H groups in total. The standard InChI is InChI=1S/C30H26N2O6S/c1-4-37-21-10-11-22-24(15-21)39-30(31-22)32-26(17-5-8-20(36-3)9-6-17)25(28(34)29(32)35)27(33)18-7-12-23-19(14-18)13-16(2)38-23/h5-12,14-16,26,33H,4,13H2,1-3H3/b27-25+. The van der Waals surface area contributed by atoms with Crippen molar-refractivity contribution in [2.45, 2.75) is 32.4 Å². The van der Waals surface area contributed by atoms with Crippen molar-refractivity contribution >= 4 is 44.1 Å². The second-order valence-electron chi connectivity index (χ2n) is 9.46. The second kappa shape index (κ2) is 9.74. The molecule has 8 nitrogen and oxygen atoms in total. The first-order chi connectivity index (χ1) is 18.9. The Morgan fingerprint density at radius 2 is 1.87 bits per heavy atom. The minimum Gasteiger partial charge on any atom is -0.507 e. The van der Waals surface area contributed by atoms with Gasteiger partial charge in [-0.05, 0) is 73.5 Å². The normalized spacial score (nSPS) is 19.8. The molecule has 1 aromatic heterocycles. The summed E-state index contributed by atoms with van der Waals surface area (Å²) in [5.74, 6) is 0.328. The molecule has 3 aromatic carbocycles. The summed E-state index contributed by atoms with van der Waals surface area (Å²) in [6, 6.07) is 17.0. The highest BCUT2D eigenvalue weighted by atomic mass is 32.1. The number of benzene rings is 3. The summed E-state index contributed by atoms with van der Waals surface area (Å²) >= 11 is 1.29. The summed E-state index contributed by atoms with van der Waals surface area (Å²) in [7, 11) is 1.57. The molecule has 198 valence electrons. The van der Waals surface area contributed by atoms with Crippen LogP contribution < -0.4 is 19.1 Å². The lowest BCUT2D eigenvalue weighted by atomic mass is 9.94. The molecule has 4 aromatic rings. The number of nitrogens with zero attached hydrogens (tertiary/aromatic N) is 2. The summed E-state index contributed by atoms with van der Waals surface area (Å²) in [6.45, 7) is 4.41. The summed E-state index contributed by atoms with van der Waals surface area (Å²) in [5.41, 5.74) is 2.73. The number of rotatable bonds is 6. The van der Waals surface area contributed by atoms with Gasteiger partial charge in [0.25, 0.3) is 5.78 Å². The minimum atomic E-state index is -0.883. The van der Waals surface area contributed by atoms with Gasteiger partial charge in [-0.3, -0.25) is 14.5 Å². The van der Waals surface area contributed by atoms with Crippen molar-refractivity contribution < 1.29 is 28.9 Å². The fourth-order valence-corrected chi connectivity index (χ4v) is 6.13. The first-order valence-electron chi connectivity index (χ1n) is 12.7. The molecule has 2 aliphatic rings. The average molecular weight is 543 g/mol. The molecular weight excluding hydrogens is 516 g/mol. The molecule has 1 saturated heterocycles. The highest BCUT2D eigenvalue weighted by Gasteiger charge is 2.48. The van der Waals surface area contributed by atoms with Crippen molar-refractivity contribution in [3.63, 3.8) is 0 Å². The van der Waals surface area contributed by atoms with Crippen LogP contribution in [-0.2, 0) is 16.0 Å². The molecule has 9 heteroatoms. The van der Waals surface area contributed by atoms with Gasteiger partial charge in [-0.1, -0.05) is 23.5 Å². The second-order valence-corrected chi connectivity index (χ2v) is 10.5. The van der Waals surface area contributed by atoms with E-state index in [0.717, 1.165) is 16.0 Å². The summed E-state index contributed by atoms with van der Waals surface area (Å²) < 4.78 is 17.5. The quantitative estimate of drug-likeness (QED) is 0.191. The van der Waals surface area contributed by atoms with Gasteiger partial charge in [0.1, 0.15) is 29.1 Å². The number of methoxy groups -OCH3 is 1. The van der Waals surface area contributed by atoms with Crippen molar-refractivity contribution in [2.24, 2.45) is 0 Å². The summed E-state index contributed by atoms with van der Waals surface area (Å²) in [4.78, 5) is 33.2. The monoisotopic (exact) mass is 542 g/mol. The molecule has 1 amide bonds. The van der Waals surface area contributed by atoms with E-state index in [1.54, 1.807) is 43.5 Å². The number of fused-ring (bicyclic) bond motifs is 2. The Hall–Kier alpha value is -4.37. The summed E-state index contributed by atoms with van der Waals surface area (Å²) in [5, 5.41) is 11.9. The van der Waals surface area contributed by atoms with E-state index in [1.807, 2.05) is 38.1 Å². The number of aliphatic hydroxyl groups excluding tert-OH is 1. The number of Topliss-reactive ketones (excluding diaryl/α,β-unsaturated/α-hetero) is 1. The van der Waals surface area contributed by atoms with E-state index in [4.69, 9.17) is 14.2 Å². The van der Waals surface area contributed by atoms with E-state index >= 15 is 0 Å². The van der Waals surface area contributed by atoms with Crippen LogP contribution in [0.1, 0.15) is 36.6 Å². The summed E-state index contributed by atoms with van der Waals surface area (Å²) in [6.07, 6.45) is 0.729. The van der Waals surface area contributed by atoms with Crippen molar-refractivity contribution in [3.8, 4) is 17.2 Å². The number of aliphatic hydroxyl groups is 1. The zero-order chi connectivity index (χ0) is 27.3. The minimum absolute atomic E-state index is 0.00587. The highest BCUT2D eigenvalue weighted by Crippen LogP contribution is 2.45. The molecule has 2 aliphatic heterocycles. The number of hydrogen-bond acceptors (Lipinski definition) is 8. The number of amides is 1. The van der Waals surface area contributed by atoms with Crippen LogP contribution in [0.2, 0.25) is 0 Å². The maximum absolute atomic E-state index is 13.6. The van der Waals surface area contributed by atoms with Crippen molar-refractivity contribution in [3.05, 3.63) is 82.9 Å². The fourth-order valence-electron chi connectivity index (χ4n) is 5.11. The maximum atomic E-state index is 13.6. The molecular formula is C30H26N2O6S. The van der Waals surface area contributed by atoms with Gasteiger partial charge in [0.15, 0.2) is 5.13 Å². The number of ether oxygens (including phenoxy) is 3. The lowest BCUT2D eigenvalue weighted by molar-refractivity contribution is -0.132. The fraction of sp³-hybridized carbons (Fsp3) is 0.233. The maximum Gasteiger partial charge on any atom is 0.301 e. The molecule has 39 heavy (non-hydrogen) atoms. The van der Waals surface area contributed by atoms with Crippen LogP contribution in [0.3, 0.4) is 0 Å². The Bertz CT molecular complexity index is 1640. The number of ketones is 1. The molecule has 1 fully saturated rings. The number of thiazole rings is 1. The predicted octanol–water partition coefficient (Wildman–Crippen LogP) is 5.65. The van der Waals surface area contributed by atoms with Crippen LogP contribution in [0.25, 0.3) is 16.0 Å². The average Bonchev–Trinajstić information content (AvgIpc) is 3.60. The molecule has 0 radical (unpaired) electrons. The number of carbonyl (C=O) groups excluding carboxylic acids is 2. The van der Waals surface area contributed by atoms with Crippen molar-refractivity contribution in [1.82, 2.24) is 4.98 Å². The van der Waals surface area contributed by atoms with E-state index in [-0.39, 0.29) is 17.4 Å². The molecule has 3 heterocycles. The SMILES string of the molecule is CCOc1ccc2nc(N3C(=O)C(=O)/C(=C(/O)c4ccc5c(c4)CC(C)O5)C3c3ccc(OC)cc3)sc2c1. The number of carbonyl (C=O) groups is 2. The molecule has 0 saturated carbocycles. The van der Waals surface area contributed by atoms with Gasteiger partial charge in [0.2, 0.25) is 0 Å². The Labute approximate surface area is 229 Å². The van der Waals surface area contributed by atoms with Gasteiger partial charge in [-0.2, -0.15) is 0 Å². The Morgan fingerprint density at radius 3 is 2.62 bits per heavy atom. The third-order valence-corrected chi connectivity index (χ3v) is 7.93. The number of hydrogen-bond donors (Lipinski definition) is 1. The van der Waals surface area contributed by atoms with Gasteiger partial charge in [0.05, 0.1) is 35.5 Å². The highest BCUT2D eigenvalue weighted by molar-refractivity contribution is 7.22. The third kappa shape index (κ3) is 4.28. The lowest BCUT2D eigenvalue weighted by Gasteiger charge is -2.23. The molecule has 0 spiro atoms. The van der Waals surface area contributed by atoms with E-state index < -0.39 is 17.7 Å². The Morgan fingerprint density at radius 1 is 1.10 bits per heavy atom. The zero-order valence-electron chi connectivity index (χ0n) is 21.6. The molecule has 2 atom stereocenters. The van der Waals surface area contributed by atoms with E-state index in [0.29, 0.717) is 46.3 Å². The largest absolute Gasteiger partial charge is 0.507 e. The van der Waals surface area contributed by atoms with Gasteiger partial charge in [-0.25, -0.2) is 4.98 Å². The van der Waals surface area contributed by atoms with E-state index in [1.165, 1.54) is 16.2 Å². The van der Waals surface area contributed by atoms with Crippen LogP contribution >= 0.6 is 11.3 Å². The van der Waals surface area contributed by atoms with Crippen molar-refractivity contribution in [1.29, 1.82) is 0 Å². The Kier molecular flexibility index (Phi) is 6.23. The van der Waals surface area contributed by atoms with Crippen molar-refractivity contribution in [2.75, 3.05) is 18.6 Å². The lowest BCUT2D eigenvalue weighted by Crippen LogP contribution is -2.29. The van der Waals surface area contributed by atoms with Gasteiger partial charge in [-0.15, -0.1) is 0 Å². The van der Waals surface area contributed by atoms with Crippen LogP contribution in [0.5, 0.6) is 17.2 Å². The predicted molar refractivity (Wildman–Crippen MR) is 149 cm³/mol. The van der Waals surface area contributed by atoms with Gasteiger partial charge >= 0.3 is 5.91 Å². The third-order valence-electron chi connectivity index (χ3n) is 6.91. The molecule has 0 bridgehead atoms. The van der Waals surface area contributed by atoms with Gasteiger partial charge < -0.3 is 19.3 Å². The molecule has 0 aliphatic carbocycles. The first kappa shape index (κ1) is 24.9. The van der Waals surface area contributed by atoms with Gasteiger partial charge in [0, 0.05) is 12.0 Å².